The minimum absolute atomic E-state index is 0.0927. The van der Waals surface area contributed by atoms with Crippen molar-refractivity contribution in [3.05, 3.63) is 89.5 Å². The number of hydrazone groups is 1. The van der Waals surface area contributed by atoms with E-state index < -0.39 is 0 Å². The van der Waals surface area contributed by atoms with Crippen LogP contribution in [0.15, 0.2) is 77.9 Å². The molecule has 0 aromatic heterocycles. The Morgan fingerprint density at radius 3 is 2.52 bits per heavy atom. The van der Waals surface area contributed by atoms with E-state index in [0.29, 0.717) is 6.61 Å². The molecule has 0 N–H and O–H groups in total. The maximum absolute atomic E-state index is 6.46. The second-order valence-electron chi connectivity index (χ2n) is 7.80. The molecular formula is C26H26N2O3. The summed E-state index contributed by atoms with van der Waals surface area (Å²) < 4.78 is 17.7. The van der Waals surface area contributed by atoms with Crippen molar-refractivity contribution in [3.8, 4) is 17.2 Å². The van der Waals surface area contributed by atoms with Gasteiger partial charge in [0.15, 0.2) is 0 Å². The molecule has 2 aliphatic heterocycles. The third kappa shape index (κ3) is 3.72. The van der Waals surface area contributed by atoms with Gasteiger partial charge < -0.3 is 14.2 Å². The van der Waals surface area contributed by atoms with E-state index in [1.165, 1.54) is 0 Å². The molecule has 0 saturated heterocycles. The molecular weight excluding hydrogens is 388 g/mol. The summed E-state index contributed by atoms with van der Waals surface area (Å²) >= 11 is 0. The SMILES string of the molecule is CCCOc1ccc([C@@H]2Oc3ccc(OC)cc3[C@@H]3CC(c4ccccc4)=NN32)cc1. The Morgan fingerprint density at radius 1 is 1.00 bits per heavy atom. The number of hydrogen-bond donors (Lipinski definition) is 0. The molecule has 2 aliphatic rings. The standard InChI is InChI=1S/C26H26N2O3/c1-3-15-30-20-11-9-19(10-12-20)26-28-24(17-23(27-28)18-7-5-4-6-8-18)22-16-21(29-2)13-14-25(22)31-26/h4-14,16,24,26H,3,15,17H2,1-2H3/t24-,26-/m0/s1. The first-order chi connectivity index (χ1) is 15.3. The van der Waals surface area contributed by atoms with Crippen LogP contribution >= 0.6 is 0 Å². The van der Waals surface area contributed by atoms with Gasteiger partial charge in [0.25, 0.3) is 0 Å². The molecule has 0 amide bonds. The summed E-state index contributed by atoms with van der Waals surface area (Å²) in [7, 11) is 1.69. The van der Waals surface area contributed by atoms with Gasteiger partial charge in [0.05, 0.1) is 25.5 Å². The smallest absolute Gasteiger partial charge is 0.213 e. The predicted octanol–water partition coefficient (Wildman–Crippen LogP) is 5.73. The van der Waals surface area contributed by atoms with E-state index in [2.05, 4.69) is 54.4 Å². The van der Waals surface area contributed by atoms with Crippen molar-refractivity contribution in [3.63, 3.8) is 0 Å². The van der Waals surface area contributed by atoms with Gasteiger partial charge in [0.2, 0.25) is 6.23 Å². The molecule has 3 aromatic rings. The summed E-state index contributed by atoms with van der Waals surface area (Å²) in [6, 6.07) is 24.6. The molecule has 0 bridgehead atoms. The lowest BCUT2D eigenvalue weighted by Crippen LogP contribution is -2.33. The normalized spacial score (nSPS) is 19.2. The number of ether oxygens (including phenoxy) is 3. The Labute approximate surface area is 182 Å². The first kappa shape index (κ1) is 19.5. The third-order valence-electron chi connectivity index (χ3n) is 5.74. The monoisotopic (exact) mass is 414 g/mol. The average Bonchev–Trinajstić information content (AvgIpc) is 3.29. The van der Waals surface area contributed by atoms with Crippen LogP contribution in [0.3, 0.4) is 0 Å². The van der Waals surface area contributed by atoms with Gasteiger partial charge in [-0.3, -0.25) is 0 Å². The molecule has 2 atom stereocenters. The second-order valence-corrected chi connectivity index (χ2v) is 7.80. The molecule has 0 spiro atoms. The summed E-state index contributed by atoms with van der Waals surface area (Å²) in [4.78, 5) is 0. The first-order valence-corrected chi connectivity index (χ1v) is 10.8. The van der Waals surface area contributed by atoms with Crippen LogP contribution in [-0.4, -0.2) is 24.4 Å². The van der Waals surface area contributed by atoms with Crippen LogP contribution in [-0.2, 0) is 0 Å². The molecule has 2 heterocycles. The van der Waals surface area contributed by atoms with Crippen LogP contribution in [0.5, 0.6) is 17.2 Å². The number of nitrogens with zero attached hydrogens (tertiary/aromatic N) is 2. The highest BCUT2D eigenvalue weighted by atomic mass is 16.5. The molecule has 3 aromatic carbocycles. The highest BCUT2D eigenvalue weighted by molar-refractivity contribution is 6.01. The lowest BCUT2D eigenvalue weighted by Gasteiger charge is -2.38. The molecule has 5 rings (SSSR count). The Morgan fingerprint density at radius 2 is 1.77 bits per heavy atom. The minimum atomic E-state index is -0.299. The molecule has 5 heteroatoms. The Kier molecular flexibility index (Phi) is 5.24. The van der Waals surface area contributed by atoms with Crippen LogP contribution in [0.2, 0.25) is 0 Å². The van der Waals surface area contributed by atoms with Crippen molar-refractivity contribution in [2.24, 2.45) is 5.10 Å². The quantitative estimate of drug-likeness (QED) is 0.517. The van der Waals surface area contributed by atoms with Gasteiger partial charge in [-0.05, 0) is 54.4 Å². The summed E-state index contributed by atoms with van der Waals surface area (Å²) in [6.07, 6.45) is 1.51. The number of fused-ring (bicyclic) bond motifs is 3. The van der Waals surface area contributed by atoms with Gasteiger partial charge in [0.1, 0.15) is 17.2 Å². The van der Waals surface area contributed by atoms with Crippen molar-refractivity contribution in [2.45, 2.75) is 32.0 Å². The van der Waals surface area contributed by atoms with Crippen LogP contribution in [0.25, 0.3) is 0 Å². The highest BCUT2D eigenvalue weighted by Crippen LogP contribution is 2.48. The minimum Gasteiger partial charge on any atom is -0.497 e. The molecule has 31 heavy (non-hydrogen) atoms. The van der Waals surface area contributed by atoms with Crippen LogP contribution in [0, 0.1) is 0 Å². The molecule has 0 saturated carbocycles. The lowest BCUT2D eigenvalue weighted by atomic mass is 9.95. The zero-order valence-electron chi connectivity index (χ0n) is 17.8. The topological polar surface area (TPSA) is 43.3 Å². The van der Waals surface area contributed by atoms with E-state index in [4.69, 9.17) is 19.3 Å². The summed E-state index contributed by atoms with van der Waals surface area (Å²) in [5, 5.41) is 7.11. The lowest BCUT2D eigenvalue weighted by molar-refractivity contribution is -0.0191. The number of hydrogen-bond acceptors (Lipinski definition) is 5. The highest BCUT2D eigenvalue weighted by Gasteiger charge is 2.41. The molecule has 0 unspecified atom stereocenters. The average molecular weight is 415 g/mol. The van der Waals surface area contributed by atoms with Crippen LogP contribution in [0.4, 0.5) is 0 Å². The van der Waals surface area contributed by atoms with E-state index in [1.54, 1.807) is 7.11 Å². The van der Waals surface area contributed by atoms with Gasteiger partial charge in [-0.25, -0.2) is 5.01 Å². The molecule has 0 radical (unpaired) electrons. The fraction of sp³-hybridized carbons (Fsp3) is 0.269. The van der Waals surface area contributed by atoms with Crippen molar-refractivity contribution in [2.75, 3.05) is 13.7 Å². The van der Waals surface area contributed by atoms with Crippen molar-refractivity contribution < 1.29 is 14.2 Å². The van der Waals surface area contributed by atoms with Gasteiger partial charge in [-0.1, -0.05) is 37.3 Å². The van der Waals surface area contributed by atoms with E-state index in [0.717, 1.165) is 52.5 Å². The van der Waals surface area contributed by atoms with E-state index in [-0.39, 0.29) is 12.3 Å². The van der Waals surface area contributed by atoms with Gasteiger partial charge in [-0.2, -0.15) is 5.10 Å². The van der Waals surface area contributed by atoms with Gasteiger partial charge in [0, 0.05) is 17.5 Å². The van der Waals surface area contributed by atoms with Crippen molar-refractivity contribution in [1.29, 1.82) is 0 Å². The summed E-state index contributed by atoms with van der Waals surface area (Å²) in [5.41, 5.74) is 4.36. The van der Waals surface area contributed by atoms with Crippen LogP contribution < -0.4 is 14.2 Å². The fourth-order valence-electron chi connectivity index (χ4n) is 4.17. The van der Waals surface area contributed by atoms with Gasteiger partial charge in [-0.15, -0.1) is 0 Å². The third-order valence-corrected chi connectivity index (χ3v) is 5.74. The van der Waals surface area contributed by atoms with E-state index in [9.17, 15) is 0 Å². The van der Waals surface area contributed by atoms with E-state index in [1.807, 2.05) is 30.3 Å². The number of benzene rings is 3. The maximum atomic E-state index is 6.46. The summed E-state index contributed by atoms with van der Waals surface area (Å²) in [5.74, 6) is 2.58. The second kappa shape index (κ2) is 8.34. The zero-order valence-corrected chi connectivity index (χ0v) is 17.8. The molecule has 158 valence electrons. The van der Waals surface area contributed by atoms with E-state index >= 15 is 0 Å². The zero-order chi connectivity index (χ0) is 21.2. The molecule has 0 aliphatic carbocycles. The first-order valence-electron chi connectivity index (χ1n) is 10.8. The molecule has 5 nitrogen and oxygen atoms in total. The van der Waals surface area contributed by atoms with Crippen molar-refractivity contribution in [1.82, 2.24) is 5.01 Å². The largest absolute Gasteiger partial charge is 0.497 e. The maximum Gasteiger partial charge on any atom is 0.213 e. The van der Waals surface area contributed by atoms with Crippen molar-refractivity contribution >= 4 is 5.71 Å². The Bertz CT molecular complexity index is 1080. The molecule has 0 fully saturated rings. The number of methoxy groups -OCH3 is 1. The predicted molar refractivity (Wildman–Crippen MR) is 121 cm³/mol. The summed E-state index contributed by atoms with van der Waals surface area (Å²) in [6.45, 7) is 2.82. The van der Waals surface area contributed by atoms with Crippen LogP contribution in [0.1, 0.15) is 48.7 Å². The fourth-order valence-corrected chi connectivity index (χ4v) is 4.17. The Balaban J connectivity index is 1.52. The number of rotatable bonds is 6. The Hall–Kier alpha value is -3.47. The van der Waals surface area contributed by atoms with Gasteiger partial charge >= 0.3 is 0 Å².